The summed E-state index contributed by atoms with van der Waals surface area (Å²) in [6.07, 6.45) is 0.470. The summed E-state index contributed by atoms with van der Waals surface area (Å²) < 4.78 is 0. The highest BCUT2D eigenvalue weighted by molar-refractivity contribution is 8.05. The normalized spacial score (nSPS) is 17.8. The number of rotatable bonds is 4. The quantitative estimate of drug-likeness (QED) is 0.590. The van der Waals surface area contributed by atoms with Crippen molar-refractivity contribution >= 4 is 40.9 Å². The summed E-state index contributed by atoms with van der Waals surface area (Å²) in [6.45, 7) is 3.95. The monoisotopic (exact) mass is 425 g/mol. The Morgan fingerprint density at radius 3 is 2.48 bits per heavy atom. The highest BCUT2D eigenvalue weighted by Gasteiger charge is 2.40. The van der Waals surface area contributed by atoms with Crippen LogP contribution in [-0.2, 0) is 16.0 Å². The van der Waals surface area contributed by atoms with Crippen LogP contribution in [0.5, 0.6) is 0 Å². The number of carbonyl (C=O) groups excluding carboxylic acids is 2. The number of aryl methyl sites for hydroxylation is 2. The Kier molecular flexibility index (Phi) is 6.31. The molecule has 2 aromatic rings. The zero-order chi connectivity index (χ0) is 21.1. The lowest BCUT2D eigenvalue weighted by atomic mass is 10.1. The molecular weight excluding hydrogens is 406 g/mol. The number of likely N-dealkylation sites (N-methyl/N-ethyl adjacent to an activating group) is 1. The van der Waals surface area contributed by atoms with Gasteiger partial charge in [0.1, 0.15) is 16.7 Å². The number of nitrogens with one attached hydrogen (secondary N) is 1. The molecule has 1 aliphatic rings. The predicted octanol–water partition coefficient (Wildman–Crippen LogP) is 4.13. The molecule has 148 valence electrons. The van der Waals surface area contributed by atoms with Crippen LogP contribution in [0.3, 0.4) is 0 Å². The summed E-state index contributed by atoms with van der Waals surface area (Å²) in [6, 6.07) is 15.0. The van der Waals surface area contributed by atoms with Crippen molar-refractivity contribution in [3.05, 3.63) is 74.8 Å². The summed E-state index contributed by atoms with van der Waals surface area (Å²) in [7, 11) is 1.47. The van der Waals surface area contributed by atoms with Crippen molar-refractivity contribution in [2.45, 2.75) is 25.5 Å². The number of thioether (sulfide) groups is 1. The zero-order valence-electron chi connectivity index (χ0n) is 16.3. The van der Waals surface area contributed by atoms with Gasteiger partial charge in [0.15, 0.2) is 0 Å². The van der Waals surface area contributed by atoms with E-state index >= 15 is 0 Å². The van der Waals surface area contributed by atoms with E-state index in [1.165, 1.54) is 23.7 Å². The number of benzene rings is 2. The van der Waals surface area contributed by atoms with Gasteiger partial charge in [-0.05, 0) is 61.2 Å². The maximum atomic E-state index is 13.3. The Morgan fingerprint density at radius 1 is 1.21 bits per heavy atom. The number of nitriles is 1. The number of nitrogens with zero attached hydrogens (tertiary/aromatic N) is 2. The highest BCUT2D eigenvalue weighted by Crippen LogP contribution is 2.42. The number of anilines is 1. The zero-order valence-corrected chi connectivity index (χ0v) is 17.9. The standard InChI is InChI=1S/C22H20ClN3O2S/c1-13-4-9-17(10-14(13)2)26-21(28)19(11-15-5-7-16(23)8-6-15)29-22(26)18(12-24)20(27)25-3/h4-10,19H,11H2,1-3H3,(H,25,27)/b22-18-. The van der Waals surface area contributed by atoms with E-state index in [0.29, 0.717) is 22.2 Å². The first-order valence-electron chi connectivity index (χ1n) is 9.04. The van der Waals surface area contributed by atoms with Gasteiger partial charge >= 0.3 is 0 Å². The molecule has 5 nitrogen and oxygen atoms in total. The Balaban J connectivity index is 2.06. The predicted molar refractivity (Wildman–Crippen MR) is 117 cm³/mol. The lowest BCUT2D eigenvalue weighted by Gasteiger charge is -2.19. The van der Waals surface area contributed by atoms with Gasteiger partial charge in [-0.2, -0.15) is 5.26 Å². The lowest BCUT2D eigenvalue weighted by molar-refractivity contribution is -0.117. The van der Waals surface area contributed by atoms with E-state index in [2.05, 4.69) is 5.32 Å². The molecule has 1 N–H and O–H groups in total. The smallest absolute Gasteiger partial charge is 0.264 e. The molecule has 1 unspecified atom stereocenters. The molecule has 0 aromatic heterocycles. The Morgan fingerprint density at radius 2 is 1.90 bits per heavy atom. The molecular formula is C22H20ClN3O2S. The summed E-state index contributed by atoms with van der Waals surface area (Å²) in [5.41, 5.74) is 3.67. The number of hydrogen-bond donors (Lipinski definition) is 1. The molecule has 3 rings (SSSR count). The van der Waals surface area contributed by atoms with Crippen molar-refractivity contribution in [2.75, 3.05) is 11.9 Å². The molecule has 29 heavy (non-hydrogen) atoms. The first kappa shape index (κ1) is 21.0. The highest BCUT2D eigenvalue weighted by atomic mass is 35.5. The van der Waals surface area contributed by atoms with Crippen LogP contribution < -0.4 is 10.2 Å². The van der Waals surface area contributed by atoms with Crippen molar-refractivity contribution in [1.82, 2.24) is 5.32 Å². The largest absolute Gasteiger partial charge is 0.354 e. The fourth-order valence-corrected chi connectivity index (χ4v) is 4.48. The maximum absolute atomic E-state index is 13.3. The SMILES string of the molecule is CNC(=O)/C(C#N)=C1\SC(Cc2ccc(Cl)cc2)C(=O)N1c1ccc(C)c(C)c1. The summed E-state index contributed by atoms with van der Waals surface area (Å²) >= 11 is 7.20. The number of amides is 2. The molecule has 1 atom stereocenters. The molecule has 7 heteroatoms. The minimum Gasteiger partial charge on any atom is -0.354 e. The van der Waals surface area contributed by atoms with Gasteiger partial charge in [-0.25, -0.2) is 0 Å². The minimum absolute atomic E-state index is 0.0670. The molecule has 2 aromatic carbocycles. The van der Waals surface area contributed by atoms with Crippen molar-refractivity contribution in [3.63, 3.8) is 0 Å². The molecule has 0 radical (unpaired) electrons. The van der Waals surface area contributed by atoms with E-state index in [4.69, 9.17) is 11.6 Å². The van der Waals surface area contributed by atoms with Crippen LogP contribution in [0.1, 0.15) is 16.7 Å². The molecule has 0 spiro atoms. The van der Waals surface area contributed by atoms with Crippen LogP contribution >= 0.6 is 23.4 Å². The van der Waals surface area contributed by atoms with Crippen molar-refractivity contribution in [2.24, 2.45) is 0 Å². The Hall–Kier alpha value is -2.75. The number of hydrogen-bond acceptors (Lipinski definition) is 4. The van der Waals surface area contributed by atoms with E-state index in [9.17, 15) is 14.9 Å². The van der Waals surface area contributed by atoms with Gasteiger partial charge in [0.25, 0.3) is 5.91 Å². The van der Waals surface area contributed by atoms with Crippen LogP contribution in [0.25, 0.3) is 0 Å². The van der Waals surface area contributed by atoms with Crippen LogP contribution in [0.2, 0.25) is 5.02 Å². The van der Waals surface area contributed by atoms with Gasteiger partial charge in [0.2, 0.25) is 5.91 Å². The van der Waals surface area contributed by atoms with Gasteiger partial charge in [0, 0.05) is 17.8 Å². The fraction of sp³-hybridized carbons (Fsp3) is 0.227. The minimum atomic E-state index is -0.510. The number of halogens is 1. The molecule has 0 bridgehead atoms. The van der Waals surface area contributed by atoms with Crippen molar-refractivity contribution in [1.29, 1.82) is 5.26 Å². The second-order valence-electron chi connectivity index (χ2n) is 6.75. The molecule has 1 aliphatic heterocycles. The average Bonchev–Trinajstić information content (AvgIpc) is 3.02. The van der Waals surface area contributed by atoms with Gasteiger partial charge < -0.3 is 5.32 Å². The number of carbonyl (C=O) groups is 2. The van der Waals surface area contributed by atoms with E-state index in [1.807, 2.05) is 50.2 Å². The Bertz CT molecular complexity index is 1040. The first-order chi connectivity index (χ1) is 13.8. The summed E-state index contributed by atoms with van der Waals surface area (Å²) in [5.74, 6) is -0.663. The molecule has 1 saturated heterocycles. The van der Waals surface area contributed by atoms with E-state index in [-0.39, 0.29) is 11.5 Å². The van der Waals surface area contributed by atoms with Gasteiger partial charge in [-0.15, -0.1) is 0 Å². The molecule has 0 saturated carbocycles. The topological polar surface area (TPSA) is 73.2 Å². The molecule has 2 amide bonds. The van der Waals surface area contributed by atoms with Crippen LogP contribution in [0.4, 0.5) is 5.69 Å². The molecule has 1 heterocycles. The van der Waals surface area contributed by atoms with Gasteiger partial charge in [-0.1, -0.05) is 41.6 Å². The lowest BCUT2D eigenvalue weighted by Crippen LogP contribution is -2.31. The van der Waals surface area contributed by atoms with Crippen LogP contribution in [-0.4, -0.2) is 24.1 Å². The second kappa shape index (κ2) is 8.73. The van der Waals surface area contributed by atoms with Crippen molar-refractivity contribution in [3.8, 4) is 6.07 Å². The van der Waals surface area contributed by atoms with Gasteiger partial charge in [0.05, 0.1) is 5.25 Å². The summed E-state index contributed by atoms with van der Waals surface area (Å²) in [4.78, 5) is 27.1. The van der Waals surface area contributed by atoms with Crippen LogP contribution in [0, 0.1) is 25.2 Å². The third kappa shape index (κ3) is 4.31. The average molecular weight is 426 g/mol. The van der Waals surface area contributed by atoms with Crippen molar-refractivity contribution < 1.29 is 9.59 Å². The van der Waals surface area contributed by atoms with Gasteiger partial charge in [-0.3, -0.25) is 14.5 Å². The fourth-order valence-electron chi connectivity index (χ4n) is 3.05. The Labute approximate surface area is 179 Å². The third-order valence-corrected chi connectivity index (χ3v) is 6.33. The van der Waals surface area contributed by atoms with Crippen LogP contribution in [0.15, 0.2) is 53.1 Å². The third-order valence-electron chi connectivity index (χ3n) is 4.82. The molecule has 0 aliphatic carbocycles. The first-order valence-corrected chi connectivity index (χ1v) is 10.3. The maximum Gasteiger partial charge on any atom is 0.264 e. The van der Waals surface area contributed by atoms with E-state index in [1.54, 1.807) is 12.1 Å². The molecule has 1 fully saturated rings. The van der Waals surface area contributed by atoms with E-state index in [0.717, 1.165) is 16.7 Å². The van der Waals surface area contributed by atoms with E-state index < -0.39 is 11.2 Å². The summed E-state index contributed by atoms with van der Waals surface area (Å²) in [5, 5.41) is 12.6. The second-order valence-corrected chi connectivity index (χ2v) is 8.38.